The van der Waals surface area contributed by atoms with Crippen molar-refractivity contribution < 1.29 is 14.3 Å². The van der Waals surface area contributed by atoms with Gasteiger partial charge in [0.05, 0.1) is 30.6 Å². The van der Waals surface area contributed by atoms with Crippen LogP contribution in [0.5, 0.6) is 0 Å². The Kier molecular flexibility index (Phi) is 6.30. The molecule has 1 fully saturated rings. The van der Waals surface area contributed by atoms with Crippen LogP contribution in [-0.2, 0) is 14.3 Å². The summed E-state index contributed by atoms with van der Waals surface area (Å²) < 4.78 is 10.6. The quantitative estimate of drug-likeness (QED) is 0.548. The summed E-state index contributed by atoms with van der Waals surface area (Å²) in [6, 6.07) is 2.30. The molecule has 0 aliphatic heterocycles. The number of hydrogen-bond acceptors (Lipinski definition) is 4. The van der Waals surface area contributed by atoms with Crippen molar-refractivity contribution in [1.82, 2.24) is 0 Å². The Hall–Kier alpha value is -1.08. The van der Waals surface area contributed by atoms with Gasteiger partial charge in [0.25, 0.3) is 0 Å². The fraction of sp³-hybridized carbons (Fsp3) is 0.867. The Morgan fingerprint density at radius 2 is 1.95 bits per heavy atom. The molecule has 0 amide bonds. The lowest BCUT2D eigenvalue weighted by molar-refractivity contribution is -0.147. The maximum atomic E-state index is 11.4. The third-order valence-electron chi connectivity index (χ3n) is 3.81. The van der Waals surface area contributed by atoms with E-state index >= 15 is 0 Å². The van der Waals surface area contributed by atoms with E-state index in [0.717, 1.165) is 38.5 Å². The molecule has 0 N–H and O–H groups in total. The molecule has 0 aromatic rings. The van der Waals surface area contributed by atoms with E-state index in [9.17, 15) is 4.79 Å². The van der Waals surface area contributed by atoms with Crippen LogP contribution in [0, 0.1) is 22.7 Å². The number of nitrogens with zero attached hydrogens (tertiary/aromatic N) is 1. The largest absolute Gasteiger partial charge is 0.469 e. The number of carbonyl (C=O) groups excluding carboxylic acids is 1. The minimum atomic E-state index is -0.258. The van der Waals surface area contributed by atoms with Crippen molar-refractivity contribution in [3.8, 4) is 6.07 Å². The standard InChI is InChI=1S/C15H25NO3/c1-15(2,11-16)9-4-10-19-13-7-5-12(6-8-13)14(17)18-3/h12-13H,4-10H2,1-3H3. The predicted octanol–water partition coefficient (Wildman–Crippen LogP) is 3.06. The summed E-state index contributed by atoms with van der Waals surface area (Å²) in [5.41, 5.74) is -0.258. The molecule has 0 radical (unpaired) electrons. The summed E-state index contributed by atoms with van der Waals surface area (Å²) in [7, 11) is 1.45. The van der Waals surface area contributed by atoms with Gasteiger partial charge in [-0.2, -0.15) is 5.26 Å². The van der Waals surface area contributed by atoms with Gasteiger partial charge in [0.2, 0.25) is 0 Å². The highest BCUT2D eigenvalue weighted by Gasteiger charge is 2.27. The number of ether oxygens (including phenoxy) is 2. The van der Waals surface area contributed by atoms with E-state index in [1.165, 1.54) is 7.11 Å². The molecule has 0 aromatic carbocycles. The second kappa shape index (κ2) is 7.49. The van der Waals surface area contributed by atoms with Crippen LogP contribution in [0.25, 0.3) is 0 Å². The lowest BCUT2D eigenvalue weighted by Crippen LogP contribution is -2.27. The average Bonchev–Trinajstić information content (AvgIpc) is 2.43. The minimum absolute atomic E-state index is 0.0578. The van der Waals surface area contributed by atoms with E-state index in [1.807, 2.05) is 13.8 Å². The summed E-state index contributed by atoms with van der Waals surface area (Å²) >= 11 is 0. The molecule has 0 unspecified atom stereocenters. The van der Waals surface area contributed by atoms with Gasteiger partial charge in [-0.25, -0.2) is 0 Å². The van der Waals surface area contributed by atoms with Crippen molar-refractivity contribution in [2.75, 3.05) is 13.7 Å². The molecule has 4 nitrogen and oxygen atoms in total. The van der Waals surface area contributed by atoms with Crippen LogP contribution in [0.15, 0.2) is 0 Å². The molecule has 4 heteroatoms. The molecule has 0 heterocycles. The number of hydrogen-bond donors (Lipinski definition) is 0. The number of esters is 1. The van der Waals surface area contributed by atoms with Gasteiger partial charge in [0.15, 0.2) is 0 Å². The first-order valence-electron chi connectivity index (χ1n) is 7.09. The van der Waals surface area contributed by atoms with Gasteiger partial charge in [-0.05, 0) is 52.4 Å². The van der Waals surface area contributed by atoms with Crippen LogP contribution < -0.4 is 0 Å². The Morgan fingerprint density at radius 1 is 1.32 bits per heavy atom. The van der Waals surface area contributed by atoms with Crippen LogP contribution in [0.4, 0.5) is 0 Å². The molecule has 0 saturated heterocycles. The Balaban J connectivity index is 2.14. The lowest BCUT2D eigenvalue weighted by atomic mass is 9.87. The molecule has 108 valence electrons. The normalized spacial score (nSPS) is 23.7. The van der Waals surface area contributed by atoms with Crippen molar-refractivity contribution in [2.24, 2.45) is 11.3 Å². The molecule has 0 aromatic heterocycles. The molecule has 1 aliphatic rings. The molecular weight excluding hydrogens is 242 g/mol. The van der Waals surface area contributed by atoms with E-state index in [4.69, 9.17) is 14.7 Å². The summed E-state index contributed by atoms with van der Waals surface area (Å²) in [6.45, 7) is 4.61. The van der Waals surface area contributed by atoms with Crippen molar-refractivity contribution in [1.29, 1.82) is 5.26 Å². The number of carbonyl (C=O) groups is 1. The minimum Gasteiger partial charge on any atom is -0.469 e. The van der Waals surface area contributed by atoms with E-state index in [1.54, 1.807) is 0 Å². The van der Waals surface area contributed by atoms with Crippen LogP contribution in [0.2, 0.25) is 0 Å². The first-order valence-corrected chi connectivity index (χ1v) is 7.09. The molecular formula is C15H25NO3. The first kappa shape index (κ1) is 16.0. The van der Waals surface area contributed by atoms with Crippen LogP contribution >= 0.6 is 0 Å². The maximum Gasteiger partial charge on any atom is 0.308 e. The van der Waals surface area contributed by atoms with Crippen LogP contribution in [0.3, 0.4) is 0 Å². The highest BCUT2D eigenvalue weighted by molar-refractivity contribution is 5.72. The molecule has 19 heavy (non-hydrogen) atoms. The monoisotopic (exact) mass is 267 g/mol. The van der Waals surface area contributed by atoms with Gasteiger partial charge in [-0.15, -0.1) is 0 Å². The van der Waals surface area contributed by atoms with Gasteiger partial charge < -0.3 is 9.47 Å². The van der Waals surface area contributed by atoms with E-state index < -0.39 is 0 Å². The summed E-state index contributed by atoms with van der Waals surface area (Å²) in [5, 5.41) is 8.91. The van der Waals surface area contributed by atoms with Gasteiger partial charge >= 0.3 is 5.97 Å². The highest BCUT2D eigenvalue weighted by atomic mass is 16.5. The third kappa shape index (κ3) is 5.61. The maximum absolute atomic E-state index is 11.4. The number of rotatable bonds is 6. The number of nitriles is 1. The molecule has 1 rings (SSSR count). The molecule has 0 atom stereocenters. The van der Waals surface area contributed by atoms with E-state index in [2.05, 4.69) is 6.07 Å². The third-order valence-corrected chi connectivity index (χ3v) is 3.81. The summed E-state index contributed by atoms with van der Waals surface area (Å²) in [5.74, 6) is -0.0309. The Bertz CT molecular complexity index is 325. The fourth-order valence-electron chi connectivity index (χ4n) is 2.45. The average molecular weight is 267 g/mol. The van der Waals surface area contributed by atoms with E-state index in [0.29, 0.717) is 6.61 Å². The lowest BCUT2D eigenvalue weighted by Gasteiger charge is -2.27. The topological polar surface area (TPSA) is 59.3 Å². The Morgan fingerprint density at radius 3 is 2.47 bits per heavy atom. The SMILES string of the molecule is COC(=O)C1CCC(OCCCC(C)(C)C#N)CC1. The molecule has 0 spiro atoms. The van der Waals surface area contributed by atoms with Gasteiger partial charge in [0, 0.05) is 6.61 Å². The van der Waals surface area contributed by atoms with Crippen LogP contribution in [-0.4, -0.2) is 25.8 Å². The van der Waals surface area contributed by atoms with Crippen molar-refractivity contribution >= 4 is 5.97 Å². The summed E-state index contributed by atoms with van der Waals surface area (Å²) in [6.07, 6.45) is 5.63. The first-order chi connectivity index (χ1) is 8.98. The molecule has 1 saturated carbocycles. The zero-order valence-corrected chi connectivity index (χ0v) is 12.3. The van der Waals surface area contributed by atoms with Crippen molar-refractivity contribution in [2.45, 2.75) is 58.5 Å². The summed E-state index contributed by atoms with van der Waals surface area (Å²) in [4.78, 5) is 11.4. The van der Waals surface area contributed by atoms with Crippen LogP contribution in [0.1, 0.15) is 52.4 Å². The molecule has 1 aliphatic carbocycles. The van der Waals surface area contributed by atoms with Gasteiger partial charge in [-0.1, -0.05) is 0 Å². The molecule has 0 bridgehead atoms. The van der Waals surface area contributed by atoms with E-state index in [-0.39, 0.29) is 23.4 Å². The predicted molar refractivity (Wildman–Crippen MR) is 72.3 cm³/mol. The smallest absolute Gasteiger partial charge is 0.308 e. The zero-order chi connectivity index (χ0) is 14.3. The fourth-order valence-corrected chi connectivity index (χ4v) is 2.45. The zero-order valence-electron chi connectivity index (χ0n) is 12.3. The second-order valence-electron chi connectivity index (χ2n) is 5.97. The Labute approximate surface area is 116 Å². The number of methoxy groups -OCH3 is 1. The van der Waals surface area contributed by atoms with Gasteiger partial charge in [0.1, 0.15) is 0 Å². The highest BCUT2D eigenvalue weighted by Crippen LogP contribution is 2.27. The van der Waals surface area contributed by atoms with Crippen molar-refractivity contribution in [3.63, 3.8) is 0 Å². The van der Waals surface area contributed by atoms with Gasteiger partial charge in [-0.3, -0.25) is 4.79 Å². The second-order valence-corrected chi connectivity index (χ2v) is 5.97. The van der Waals surface area contributed by atoms with Crippen molar-refractivity contribution in [3.05, 3.63) is 0 Å².